The molecule has 0 aliphatic carbocycles. The Balaban J connectivity index is 1.62. The Morgan fingerprint density at radius 3 is 2.86 bits per heavy atom. The highest BCUT2D eigenvalue weighted by Gasteiger charge is 2.30. The normalized spacial score (nSPS) is 19.4. The summed E-state index contributed by atoms with van der Waals surface area (Å²) in [6, 6.07) is 13.9. The van der Waals surface area contributed by atoms with Gasteiger partial charge in [-0.15, -0.1) is 0 Å². The predicted molar refractivity (Wildman–Crippen MR) is 108 cm³/mol. The minimum Gasteiger partial charge on any atom is -0.342 e. The summed E-state index contributed by atoms with van der Waals surface area (Å²) >= 11 is 0. The summed E-state index contributed by atoms with van der Waals surface area (Å²) in [7, 11) is 0. The van der Waals surface area contributed by atoms with Crippen LogP contribution < -0.4 is 0 Å². The van der Waals surface area contributed by atoms with Gasteiger partial charge in [0.15, 0.2) is 0 Å². The predicted octanol–water partition coefficient (Wildman–Crippen LogP) is 3.70. The number of pyridine rings is 2. The number of carbonyl (C=O) groups excluding carboxylic acids is 1. The molecule has 3 heterocycles. The molecule has 1 amide bonds. The van der Waals surface area contributed by atoms with Crippen LogP contribution >= 0.6 is 0 Å². The zero-order valence-corrected chi connectivity index (χ0v) is 15.9. The van der Waals surface area contributed by atoms with Crippen molar-refractivity contribution in [2.24, 2.45) is 5.92 Å². The lowest BCUT2D eigenvalue weighted by molar-refractivity contribution is -0.132. The summed E-state index contributed by atoms with van der Waals surface area (Å²) in [6.45, 7) is 3.67. The van der Waals surface area contributed by atoms with E-state index in [0.29, 0.717) is 24.4 Å². The fourth-order valence-electron chi connectivity index (χ4n) is 4.21. The Hall–Kier alpha value is -3.26. The number of rotatable bonds is 3. The first kappa shape index (κ1) is 18.1. The molecule has 5 heteroatoms. The maximum Gasteiger partial charge on any atom is 0.227 e. The van der Waals surface area contributed by atoms with E-state index in [1.165, 1.54) is 5.56 Å². The fourth-order valence-corrected chi connectivity index (χ4v) is 4.21. The van der Waals surface area contributed by atoms with E-state index in [2.05, 4.69) is 23.0 Å². The third kappa shape index (κ3) is 3.59. The lowest BCUT2D eigenvalue weighted by Gasteiger charge is -2.37. The standard InChI is InChI=1S/C23H22N4O/c1-16-10-19(15-27(14-16)22(28)11-17-4-2-8-25-13-17)20-7-6-18(12-24)23-21(20)5-3-9-26-23/h2-9,13,16,19H,10-11,14-15H2,1H3/t16-,19?/m1/s1. The molecule has 0 saturated carbocycles. The van der Waals surface area contributed by atoms with E-state index >= 15 is 0 Å². The van der Waals surface area contributed by atoms with Crippen molar-refractivity contribution in [1.82, 2.24) is 14.9 Å². The second-order valence-corrected chi connectivity index (χ2v) is 7.59. The fraction of sp³-hybridized carbons (Fsp3) is 0.304. The molecule has 0 spiro atoms. The third-order valence-electron chi connectivity index (χ3n) is 5.45. The molecule has 1 aromatic carbocycles. The summed E-state index contributed by atoms with van der Waals surface area (Å²) in [5.41, 5.74) is 3.45. The van der Waals surface area contributed by atoms with Crippen LogP contribution in [0.5, 0.6) is 0 Å². The van der Waals surface area contributed by atoms with Gasteiger partial charge in [0.25, 0.3) is 0 Å². The van der Waals surface area contributed by atoms with Gasteiger partial charge in [-0.05, 0) is 41.7 Å². The van der Waals surface area contributed by atoms with E-state index in [1.807, 2.05) is 41.3 Å². The molecule has 1 unspecified atom stereocenters. The van der Waals surface area contributed by atoms with Crippen LogP contribution in [-0.4, -0.2) is 33.9 Å². The first-order chi connectivity index (χ1) is 13.7. The van der Waals surface area contributed by atoms with E-state index in [9.17, 15) is 10.1 Å². The van der Waals surface area contributed by atoms with Crippen LogP contribution in [0.2, 0.25) is 0 Å². The summed E-state index contributed by atoms with van der Waals surface area (Å²) in [5.74, 6) is 0.792. The van der Waals surface area contributed by atoms with Crippen molar-refractivity contribution in [2.75, 3.05) is 13.1 Å². The van der Waals surface area contributed by atoms with Crippen molar-refractivity contribution in [1.29, 1.82) is 5.26 Å². The Morgan fingerprint density at radius 1 is 1.21 bits per heavy atom. The monoisotopic (exact) mass is 370 g/mol. The lowest BCUT2D eigenvalue weighted by Crippen LogP contribution is -2.43. The highest BCUT2D eigenvalue weighted by molar-refractivity contribution is 5.87. The molecule has 2 aromatic heterocycles. The van der Waals surface area contributed by atoms with Gasteiger partial charge in [-0.1, -0.05) is 25.1 Å². The molecule has 0 N–H and O–H groups in total. The van der Waals surface area contributed by atoms with Crippen molar-refractivity contribution in [2.45, 2.75) is 25.7 Å². The van der Waals surface area contributed by atoms with Crippen molar-refractivity contribution in [3.05, 3.63) is 71.7 Å². The van der Waals surface area contributed by atoms with E-state index in [1.54, 1.807) is 18.6 Å². The van der Waals surface area contributed by atoms with Crippen LogP contribution in [0.25, 0.3) is 10.9 Å². The number of carbonyl (C=O) groups is 1. The van der Waals surface area contributed by atoms with Crippen molar-refractivity contribution < 1.29 is 4.79 Å². The van der Waals surface area contributed by atoms with Crippen LogP contribution in [0.1, 0.15) is 36.0 Å². The molecule has 5 nitrogen and oxygen atoms in total. The van der Waals surface area contributed by atoms with Crippen LogP contribution in [0.15, 0.2) is 55.0 Å². The van der Waals surface area contributed by atoms with Gasteiger partial charge < -0.3 is 4.90 Å². The summed E-state index contributed by atoms with van der Waals surface area (Å²) in [4.78, 5) is 23.4. The molecule has 0 radical (unpaired) electrons. The molecule has 1 aliphatic rings. The van der Waals surface area contributed by atoms with Gasteiger partial charge >= 0.3 is 0 Å². The number of fused-ring (bicyclic) bond motifs is 1. The van der Waals surface area contributed by atoms with Crippen molar-refractivity contribution >= 4 is 16.8 Å². The molecule has 140 valence electrons. The SMILES string of the molecule is C[C@@H]1CC(c2ccc(C#N)c3ncccc23)CN(C(=O)Cc2cccnc2)C1. The van der Waals surface area contributed by atoms with Gasteiger partial charge in [-0.3, -0.25) is 14.8 Å². The average molecular weight is 370 g/mol. The van der Waals surface area contributed by atoms with Gasteiger partial charge in [0, 0.05) is 43.0 Å². The van der Waals surface area contributed by atoms with E-state index < -0.39 is 0 Å². The highest BCUT2D eigenvalue weighted by atomic mass is 16.2. The lowest BCUT2D eigenvalue weighted by atomic mass is 9.83. The van der Waals surface area contributed by atoms with Gasteiger partial charge in [-0.2, -0.15) is 5.26 Å². The van der Waals surface area contributed by atoms with Gasteiger partial charge in [0.05, 0.1) is 17.5 Å². The van der Waals surface area contributed by atoms with E-state index in [-0.39, 0.29) is 11.8 Å². The first-order valence-electron chi connectivity index (χ1n) is 9.60. The van der Waals surface area contributed by atoms with E-state index in [4.69, 9.17) is 0 Å². The average Bonchev–Trinajstić information content (AvgIpc) is 2.73. The number of aromatic nitrogens is 2. The Kier molecular flexibility index (Phi) is 5.03. The second-order valence-electron chi connectivity index (χ2n) is 7.59. The minimum absolute atomic E-state index is 0.139. The number of amides is 1. The first-order valence-corrected chi connectivity index (χ1v) is 9.60. The molecule has 3 aromatic rings. The smallest absolute Gasteiger partial charge is 0.227 e. The zero-order valence-electron chi connectivity index (χ0n) is 15.9. The minimum atomic E-state index is 0.139. The quantitative estimate of drug-likeness (QED) is 0.705. The molecular formula is C23H22N4O. The number of benzene rings is 1. The second kappa shape index (κ2) is 7.77. The molecule has 1 saturated heterocycles. The number of nitrogens with zero attached hydrogens (tertiary/aromatic N) is 4. The Labute approximate surface area is 164 Å². The van der Waals surface area contributed by atoms with Crippen LogP contribution in [0, 0.1) is 17.2 Å². The zero-order chi connectivity index (χ0) is 19.5. The summed E-state index contributed by atoms with van der Waals surface area (Å²) < 4.78 is 0. The maximum atomic E-state index is 12.9. The van der Waals surface area contributed by atoms with Gasteiger partial charge in [-0.25, -0.2) is 0 Å². The highest BCUT2D eigenvalue weighted by Crippen LogP contribution is 2.35. The molecule has 1 fully saturated rings. The van der Waals surface area contributed by atoms with Crippen LogP contribution in [0.4, 0.5) is 0 Å². The summed E-state index contributed by atoms with van der Waals surface area (Å²) in [5, 5.41) is 10.4. The largest absolute Gasteiger partial charge is 0.342 e. The molecule has 0 bridgehead atoms. The Morgan fingerprint density at radius 2 is 2.07 bits per heavy atom. The molecule has 4 rings (SSSR count). The number of hydrogen-bond donors (Lipinski definition) is 0. The van der Waals surface area contributed by atoms with Crippen LogP contribution in [0.3, 0.4) is 0 Å². The van der Waals surface area contributed by atoms with Crippen molar-refractivity contribution in [3.8, 4) is 6.07 Å². The molecular weight excluding hydrogens is 348 g/mol. The third-order valence-corrected chi connectivity index (χ3v) is 5.45. The topological polar surface area (TPSA) is 69.9 Å². The molecule has 1 aliphatic heterocycles. The number of likely N-dealkylation sites (tertiary alicyclic amines) is 1. The number of piperidine rings is 1. The summed E-state index contributed by atoms with van der Waals surface area (Å²) in [6.07, 6.45) is 6.59. The molecule has 2 atom stereocenters. The van der Waals surface area contributed by atoms with E-state index in [0.717, 1.165) is 29.4 Å². The maximum absolute atomic E-state index is 12.9. The van der Waals surface area contributed by atoms with Gasteiger partial charge in [0.1, 0.15) is 6.07 Å². The van der Waals surface area contributed by atoms with Crippen molar-refractivity contribution in [3.63, 3.8) is 0 Å². The van der Waals surface area contributed by atoms with Gasteiger partial charge in [0.2, 0.25) is 5.91 Å². The number of hydrogen-bond acceptors (Lipinski definition) is 4. The number of nitriles is 1. The van der Waals surface area contributed by atoms with Crippen LogP contribution in [-0.2, 0) is 11.2 Å². The molecule has 28 heavy (non-hydrogen) atoms. The Bertz CT molecular complexity index is 1040.